The van der Waals surface area contributed by atoms with Crippen LogP contribution in [0.5, 0.6) is 0 Å². The fourth-order valence-corrected chi connectivity index (χ4v) is 2.72. The maximum atomic E-state index is 12.4. The van der Waals surface area contributed by atoms with Gasteiger partial charge >= 0.3 is 0 Å². The SMILES string of the molecule is CCCC1NC(=O)CC(C)N(CCCSC)C1=O. The van der Waals surface area contributed by atoms with Crippen LogP contribution >= 0.6 is 11.8 Å². The van der Waals surface area contributed by atoms with E-state index in [0.717, 1.165) is 31.6 Å². The highest BCUT2D eigenvalue weighted by Crippen LogP contribution is 2.15. The standard InChI is InChI=1S/C13H24N2O2S/c1-4-6-11-13(17)15(7-5-8-18-3)10(2)9-12(16)14-11/h10-11H,4-9H2,1-3H3,(H,14,16). The van der Waals surface area contributed by atoms with Gasteiger partial charge in [0.2, 0.25) is 11.8 Å². The summed E-state index contributed by atoms with van der Waals surface area (Å²) in [6.45, 7) is 4.76. The maximum Gasteiger partial charge on any atom is 0.245 e. The molecular weight excluding hydrogens is 248 g/mol. The topological polar surface area (TPSA) is 49.4 Å². The highest BCUT2D eigenvalue weighted by Gasteiger charge is 2.32. The van der Waals surface area contributed by atoms with Crippen LogP contribution in [0.4, 0.5) is 0 Å². The zero-order chi connectivity index (χ0) is 13.5. The molecule has 0 bridgehead atoms. The molecule has 1 saturated heterocycles. The van der Waals surface area contributed by atoms with Gasteiger partial charge in [0, 0.05) is 19.0 Å². The van der Waals surface area contributed by atoms with E-state index in [1.807, 2.05) is 18.7 Å². The van der Waals surface area contributed by atoms with E-state index in [2.05, 4.69) is 11.6 Å². The van der Waals surface area contributed by atoms with E-state index in [1.165, 1.54) is 0 Å². The summed E-state index contributed by atoms with van der Waals surface area (Å²) in [5, 5.41) is 2.85. The molecule has 2 amide bonds. The van der Waals surface area contributed by atoms with Crippen LogP contribution in [0.3, 0.4) is 0 Å². The second-order valence-corrected chi connectivity index (χ2v) is 5.83. The van der Waals surface area contributed by atoms with Crippen molar-refractivity contribution in [2.24, 2.45) is 0 Å². The summed E-state index contributed by atoms with van der Waals surface area (Å²) in [5.41, 5.74) is 0. The first-order valence-corrected chi connectivity index (χ1v) is 8.08. The number of rotatable bonds is 6. The van der Waals surface area contributed by atoms with Gasteiger partial charge in [0.05, 0.1) is 0 Å². The predicted octanol–water partition coefficient (Wildman–Crippen LogP) is 1.65. The van der Waals surface area contributed by atoms with Crippen LogP contribution in [-0.2, 0) is 9.59 Å². The molecule has 1 aliphatic rings. The number of hydrogen-bond acceptors (Lipinski definition) is 3. The fraction of sp³-hybridized carbons (Fsp3) is 0.846. The Morgan fingerprint density at radius 1 is 1.44 bits per heavy atom. The van der Waals surface area contributed by atoms with E-state index in [-0.39, 0.29) is 23.9 Å². The second-order valence-electron chi connectivity index (χ2n) is 4.84. The first-order chi connectivity index (χ1) is 8.60. The van der Waals surface area contributed by atoms with Gasteiger partial charge in [-0.3, -0.25) is 9.59 Å². The quantitative estimate of drug-likeness (QED) is 0.748. The molecule has 2 unspecified atom stereocenters. The lowest BCUT2D eigenvalue weighted by molar-refractivity contribution is -0.135. The summed E-state index contributed by atoms with van der Waals surface area (Å²) >= 11 is 1.79. The minimum atomic E-state index is -0.318. The Kier molecular flexibility index (Phi) is 6.54. The van der Waals surface area contributed by atoms with Gasteiger partial charge in [-0.25, -0.2) is 0 Å². The Labute approximate surface area is 114 Å². The molecule has 0 aromatic carbocycles. The smallest absolute Gasteiger partial charge is 0.245 e. The molecule has 0 radical (unpaired) electrons. The lowest BCUT2D eigenvalue weighted by atomic mass is 10.1. The van der Waals surface area contributed by atoms with E-state index >= 15 is 0 Å². The van der Waals surface area contributed by atoms with Crippen LogP contribution in [0.15, 0.2) is 0 Å². The molecule has 1 N–H and O–H groups in total. The van der Waals surface area contributed by atoms with Gasteiger partial charge in [-0.05, 0) is 31.8 Å². The molecule has 0 aromatic rings. The first-order valence-electron chi connectivity index (χ1n) is 6.69. The van der Waals surface area contributed by atoms with E-state index in [0.29, 0.717) is 6.42 Å². The highest BCUT2D eigenvalue weighted by molar-refractivity contribution is 7.98. The molecule has 1 heterocycles. The average molecular weight is 272 g/mol. The number of thioether (sulfide) groups is 1. The number of amides is 2. The molecule has 4 nitrogen and oxygen atoms in total. The van der Waals surface area contributed by atoms with Crippen molar-refractivity contribution in [3.63, 3.8) is 0 Å². The minimum absolute atomic E-state index is 0.00154. The fourth-order valence-electron chi connectivity index (χ4n) is 2.31. The van der Waals surface area contributed by atoms with Crippen molar-refractivity contribution in [2.75, 3.05) is 18.6 Å². The number of nitrogens with zero attached hydrogens (tertiary/aromatic N) is 1. The van der Waals surface area contributed by atoms with Crippen molar-refractivity contribution < 1.29 is 9.59 Å². The zero-order valence-electron chi connectivity index (χ0n) is 11.6. The third-order valence-electron chi connectivity index (χ3n) is 3.25. The summed E-state index contributed by atoms with van der Waals surface area (Å²) in [4.78, 5) is 26.0. The van der Waals surface area contributed by atoms with E-state index in [9.17, 15) is 9.59 Å². The Hall–Kier alpha value is -0.710. The monoisotopic (exact) mass is 272 g/mol. The molecule has 0 saturated carbocycles. The lowest BCUT2D eigenvalue weighted by Gasteiger charge is -2.28. The Morgan fingerprint density at radius 2 is 2.17 bits per heavy atom. The van der Waals surface area contributed by atoms with Crippen LogP contribution in [0.2, 0.25) is 0 Å². The van der Waals surface area contributed by atoms with Crippen molar-refractivity contribution in [3.05, 3.63) is 0 Å². The summed E-state index contributed by atoms with van der Waals surface area (Å²) in [6, 6.07) is -0.303. The van der Waals surface area contributed by atoms with Gasteiger partial charge in [-0.2, -0.15) is 11.8 Å². The first kappa shape index (κ1) is 15.3. The number of carbonyl (C=O) groups is 2. The number of nitrogens with one attached hydrogen (secondary N) is 1. The van der Waals surface area contributed by atoms with Gasteiger partial charge in [0.25, 0.3) is 0 Å². The third-order valence-corrected chi connectivity index (χ3v) is 3.95. The Morgan fingerprint density at radius 3 is 2.78 bits per heavy atom. The molecule has 1 aliphatic heterocycles. The molecule has 18 heavy (non-hydrogen) atoms. The van der Waals surface area contributed by atoms with Crippen molar-refractivity contribution in [3.8, 4) is 0 Å². The largest absolute Gasteiger partial charge is 0.344 e. The van der Waals surface area contributed by atoms with Crippen molar-refractivity contribution in [2.45, 2.75) is 51.6 Å². The lowest BCUT2D eigenvalue weighted by Crippen LogP contribution is -2.46. The molecule has 2 atom stereocenters. The summed E-state index contributed by atoms with van der Waals surface area (Å²) in [5.74, 6) is 1.15. The van der Waals surface area contributed by atoms with Crippen LogP contribution in [0.25, 0.3) is 0 Å². The van der Waals surface area contributed by atoms with Gasteiger partial charge in [0.1, 0.15) is 6.04 Å². The van der Waals surface area contributed by atoms with E-state index in [1.54, 1.807) is 11.8 Å². The Balaban J connectivity index is 2.70. The number of carbonyl (C=O) groups excluding carboxylic acids is 2. The summed E-state index contributed by atoms with van der Waals surface area (Å²) in [6.07, 6.45) is 5.12. The molecule has 5 heteroatoms. The van der Waals surface area contributed by atoms with Crippen molar-refractivity contribution >= 4 is 23.6 Å². The molecule has 1 rings (SSSR count). The normalized spacial score (nSPS) is 24.9. The van der Waals surface area contributed by atoms with Crippen LogP contribution < -0.4 is 5.32 Å². The summed E-state index contributed by atoms with van der Waals surface area (Å²) in [7, 11) is 0. The van der Waals surface area contributed by atoms with E-state index in [4.69, 9.17) is 0 Å². The van der Waals surface area contributed by atoms with Crippen LogP contribution in [0.1, 0.15) is 39.5 Å². The van der Waals surface area contributed by atoms with Crippen molar-refractivity contribution in [1.82, 2.24) is 10.2 Å². The molecule has 0 spiro atoms. The predicted molar refractivity (Wildman–Crippen MR) is 75.6 cm³/mol. The Bertz CT molecular complexity index is 297. The summed E-state index contributed by atoms with van der Waals surface area (Å²) < 4.78 is 0. The van der Waals surface area contributed by atoms with Gasteiger partial charge in [-0.1, -0.05) is 13.3 Å². The molecule has 1 fully saturated rings. The second kappa shape index (κ2) is 7.67. The maximum absolute atomic E-state index is 12.4. The third kappa shape index (κ3) is 4.19. The minimum Gasteiger partial charge on any atom is -0.344 e. The molecular formula is C13H24N2O2S. The van der Waals surface area contributed by atoms with Crippen molar-refractivity contribution in [1.29, 1.82) is 0 Å². The molecule has 104 valence electrons. The van der Waals surface area contributed by atoms with E-state index < -0.39 is 0 Å². The molecule has 0 aromatic heterocycles. The number of hydrogen-bond donors (Lipinski definition) is 1. The van der Waals surface area contributed by atoms with Gasteiger partial charge in [0.15, 0.2) is 0 Å². The van der Waals surface area contributed by atoms with Gasteiger partial charge in [-0.15, -0.1) is 0 Å². The average Bonchev–Trinajstić information content (AvgIpc) is 2.41. The van der Waals surface area contributed by atoms with Gasteiger partial charge < -0.3 is 10.2 Å². The van der Waals surface area contributed by atoms with Crippen LogP contribution in [0, 0.1) is 0 Å². The molecule has 0 aliphatic carbocycles. The highest BCUT2D eigenvalue weighted by atomic mass is 32.2. The zero-order valence-corrected chi connectivity index (χ0v) is 12.4. The van der Waals surface area contributed by atoms with Crippen LogP contribution in [-0.4, -0.2) is 47.4 Å².